The van der Waals surface area contributed by atoms with Crippen LogP contribution in [0.5, 0.6) is 0 Å². The quantitative estimate of drug-likeness (QED) is 0.868. The van der Waals surface area contributed by atoms with Crippen LogP contribution in [0.25, 0.3) is 10.4 Å². The number of sulfone groups is 1. The van der Waals surface area contributed by atoms with Gasteiger partial charge in [-0.05, 0) is 18.2 Å². The average molecular weight is 310 g/mol. The largest absolute Gasteiger partial charge is 0.345 e. The maximum Gasteiger partial charge on any atom is 0.253 e. The first-order valence-electron chi connectivity index (χ1n) is 5.75. The highest BCUT2D eigenvalue weighted by atomic mass is 32.2. The summed E-state index contributed by atoms with van der Waals surface area (Å²) in [7, 11) is -0.0643. The standard InChI is InChI=1S/C13H14N2O3S2/c1-15(2)13(16)9-4-5-12(20(3,17)18)10(6-9)11-7-14-8-19-11/h4-8H,1-3H3. The Labute approximate surface area is 121 Å². The summed E-state index contributed by atoms with van der Waals surface area (Å²) >= 11 is 1.33. The molecule has 0 fully saturated rings. The lowest BCUT2D eigenvalue weighted by Crippen LogP contribution is -2.21. The predicted octanol–water partition coefficient (Wildman–Crippen LogP) is 1.92. The third-order valence-electron chi connectivity index (χ3n) is 2.73. The van der Waals surface area contributed by atoms with Crippen molar-refractivity contribution in [1.82, 2.24) is 9.88 Å². The second-order valence-electron chi connectivity index (χ2n) is 4.55. The van der Waals surface area contributed by atoms with Crippen molar-refractivity contribution in [2.45, 2.75) is 4.90 Å². The van der Waals surface area contributed by atoms with E-state index in [1.807, 2.05) is 0 Å². The Morgan fingerprint density at radius 2 is 2.00 bits per heavy atom. The van der Waals surface area contributed by atoms with Gasteiger partial charge in [0, 0.05) is 37.7 Å². The summed E-state index contributed by atoms with van der Waals surface area (Å²) in [5.74, 6) is -0.171. The van der Waals surface area contributed by atoms with Crippen molar-refractivity contribution in [3.05, 3.63) is 35.5 Å². The molecule has 0 aliphatic heterocycles. The minimum atomic E-state index is -3.37. The van der Waals surface area contributed by atoms with Gasteiger partial charge in [-0.1, -0.05) is 0 Å². The molecule has 0 aliphatic rings. The van der Waals surface area contributed by atoms with Crippen LogP contribution in [0, 0.1) is 0 Å². The molecule has 0 radical (unpaired) electrons. The Balaban J connectivity index is 2.66. The Morgan fingerprint density at radius 1 is 1.30 bits per heavy atom. The molecule has 5 nitrogen and oxygen atoms in total. The van der Waals surface area contributed by atoms with Gasteiger partial charge in [-0.25, -0.2) is 8.42 Å². The Hall–Kier alpha value is -1.73. The molecule has 2 rings (SSSR count). The molecule has 1 amide bonds. The van der Waals surface area contributed by atoms with E-state index in [4.69, 9.17) is 0 Å². The molecule has 0 unspecified atom stereocenters. The van der Waals surface area contributed by atoms with Crippen molar-refractivity contribution < 1.29 is 13.2 Å². The molecule has 106 valence electrons. The highest BCUT2D eigenvalue weighted by molar-refractivity contribution is 7.90. The van der Waals surface area contributed by atoms with Gasteiger partial charge in [-0.15, -0.1) is 11.3 Å². The summed E-state index contributed by atoms with van der Waals surface area (Å²) in [6.07, 6.45) is 2.75. The van der Waals surface area contributed by atoms with Gasteiger partial charge >= 0.3 is 0 Å². The number of benzene rings is 1. The molecule has 1 aromatic carbocycles. The van der Waals surface area contributed by atoms with E-state index < -0.39 is 9.84 Å². The monoisotopic (exact) mass is 310 g/mol. The number of nitrogens with zero attached hydrogens (tertiary/aromatic N) is 2. The van der Waals surface area contributed by atoms with Gasteiger partial charge < -0.3 is 4.90 Å². The zero-order valence-electron chi connectivity index (χ0n) is 11.3. The van der Waals surface area contributed by atoms with Gasteiger partial charge in [0.05, 0.1) is 15.3 Å². The average Bonchev–Trinajstić information content (AvgIpc) is 2.89. The molecule has 0 aliphatic carbocycles. The zero-order valence-corrected chi connectivity index (χ0v) is 13.0. The Bertz CT molecular complexity index is 735. The lowest BCUT2D eigenvalue weighted by molar-refractivity contribution is 0.0827. The summed E-state index contributed by atoms with van der Waals surface area (Å²) < 4.78 is 23.7. The first-order chi connectivity index (χ1) is 9.30. The lowest BCUT2D eigenvalue weighted by atomic mass is 10.1. The van der Waals surface area contributed by atoms with E-state index in [9.17, 15) is 13.2 Å². The fraction of sp³-hybridized carbons (Fsp3) is 0.231. The van der Waals surface area contributed by atoms with Crippen LogP contribution in [0.15, 0.2) is 34.8 Å². The van der Waals surface area contributed by atoms with Crippen molar-refractivity contribution in [3.8, 4) is 10.4 Å². The van der Waals surface area contributed by atoms with Crippen LogP contribution in [0.1, 0.15) is 10.4 Å². The molecule has 0 N–H and O–H groups in total. The summed E-state index contributed by atoms with van der Waals surface area (Å²) in [6, 6.07) is 4.61. The molecule has 1 aromatic heterocycles. The van der Waals surface area contributed by atoms with Crippen LogP contribution >= 0.6 is 11.3 Å². The van der Waals surface area contributed by atoms with Crippen molar-refractivity contribution in [3.63, 3.8) is 0 Å². The molecule has 0 saturated carbocycles. The number of rotatable bonds is 3. The van der Waals surface area contributed by atoms with E-state index >= 15 is 0 Å². The SMILES string of the molecule is CN(C)C(=O)c1ccc(S(C)(=O)=O)c(-c2cncs2)c1. The van der Waals surface area contributed by atoms with Gasteiger partial charge in [0.25, 0.3) is 5.91 Å². The molecule has 20 heavy (non-hydrogen) atoms. The molecular weight excluding hydrogens is 296 g/mol. The van der Waals surface area contributed by atoms with Crippen LogP contribution in [-0.4, -0.2) is 44.6 Å². The smallest absolute Gasteiger partial charge is 0.253 e. The van der Waals surface area contributed by atoms with E-state index in [2.05, 4.69) is 4.98 Å². The van der Waals surface area contributed by atoms with E-state index in [0.717, 1.165) is 11.1 Å². The number of amides is 1. The summed E-state index contributed by atoms with van der Waals surface area (Å²) in [5, 5.41) is 0. The molecule has 1 heterocycles. The lowest BCUT2D eigenvalue weighted by Gasteiger charge is -2.13. The van der Waals surface area contributed by atoms with E-state index in [1.165, 1.54) is 28.4 Å². The topological polar surface area (TPSA) is 67.3 Å². The molecule has 0 bridgehead atoms. The van der Waals surface area contributed by atoms with E-state index in [1.54, 1.807) is 31.9 Å². The zero-order chi connectivity index (χ0) is 14.9. The number of carbonyl (C=O) groups is 1. The number of hydrogen-bond acceptors (Lipinski definition) is 5. The number of aromatic nitrogens is 1. The first-order valence-corrected chi connectivity index (χ1v) is 8.52. The molecule has 0 atom stereocenters. The number of thiazole rings is 1. The number of carbonyl (C=O) groups excluding carboxylic acids is 1. The van der Waals surface area contributed by atoms with E-state index in [-0.39, 0.29) is 10.8 Å². The van der Waals surface area contributed by atoms with Crippen molar-refractivity contribution in [2.24, 2.45) is 0 Å². The normalized spacial score (nSPS) is 11.3. The molecular formula is C13H14N2O3S2. The minimum absolute atomic E-state index is 0.171. The third-order valence-corrected chi connectivity index (χ3v) is 4.69. The number of hydrogen-bond donors (Lipinski definition) is 0. The maximum atomic E-state index is 12.0. The molecule has 0 saturated heterocycles. The molecule has 0 spiro atoms. The second-order valence-corrected chi connectivity index (χ2v) is 7.42. The summed E-state index contributed by atoms with van der Waals surface area (Å²) in [4.78, 5) is 18.3. The first kappa shape index (κ1) is 14.7. The Kier molecular flexibility index (Phi) is 3.92. The summed E-state index contributed by atoms with van der Waals surface area (Å²) in [6.45, 7) is 0. The fourth-order valence-electron chi connectivity index (χ4n) is 1.79. The van der Waals surface area contributed by atoms with Crippen LogP contribution in [0.2, 0.25) is 0 Å². The van der Waals surface area contributed by atoms with Gasteiger partial charge in [-0.3, -0.25) is 9.78 Å². The minimum Gasteiger partial charge on any atom is -0.345 e. The van der Waals surface area contributed by atoms with Gasteiger partial charge in [0.1, 0.15) is 0 Å². The third kappa shape index (κ3) is 2.88. The maximum absolute atomic E-state index is 12.0. The van der Waals surface area contributed by atoms with Crippen molar-refractivity contribution in [1.29, 1.82) is 0 Å². The van der Waals surface area contributed by atoms with E-state index in [0.29, 0.717) is 11.1 Å². The van der Waals surface area contributed by atoms with Crippen LogP contribution in [-0.2, 0) is 9.84 Å². The Morgan fingerprint density at radius 3 is 2.50 bits per heavy atom. The fourth-order valence-corrected chi connectivity index (χ4v) is 3.39. The van der Waals surface area contributed by atoms with Gasteiger partial charge in [0.2, 0.25) is 0 Å². The van der Waals surface area contributed by atoms with Crippen LogP contribution in [0.3, 0.4) is 0 Å². The van der Waals surface area contributed by atoms with Gasteiger partial charge in [0.15, 0.2) is 9.84 Å². The van der Waals surface area contributed by atoms with Crippen LogP contribution < -0.4 is 0 Å². The predicted molar refractivity (Wildman–Crippen MR) is 78.7 cm³/mol. The van der Waals surface area contributed by atoms with Crippen molar-refractivity contribution in [2.75, 3.05) is 20.4 Å². The molecule has 2 aromatic rings. The van der Waals surface area contributed by atoms with Crippen molar-refractivity contribution >= 4 is 27.1 Å². The van der Waals surface area contributed by atoms with Crippen LogP contribution in [0.4, 0.5) is 0 Å². The second kappa shape index (κ2) is 5.34. The highest BCUT2D eigenvalue weighted by Gasteiger charge is 2.18. The summed E-state index contributed by atoms with van der Waals surface area (Å²) in [5.41, 5.74) is 2.59. The highest BCUT2D eigenvalue weighted by Crippen LogP contribution is 2.31. The van der Waals surface area contributed by atoms with Gasteiger partial charge in [-0.2, -0.15) is 0 Å². The molecule has 7 heteroatoms.